The fourth-order valence-electron chi connectivity index (χ4n) is 9.63. The SMILES string of the molecule is CCOC(=O)c1cc(C#N)c(N2CCC(C(=O)NS(=O)(=O)N(C)c3ccccc3)CC2)nc1CN1CCCC1=O.N#Cc1cc(C(=O)O)c(CN2CCCCC2=O)nc1N1CCC(C(=O)NS(=O)(=O)Cc2ccccc2)CC1. The van der Waals surface area contributed by atoms with Gasteiger partial charge in [0.2, 0.25) is 33.7 Å². The molecular weight excluding hydrogens is 1050 g/mol. The van der Waals surface area contributed by atoms with E-state index in [0.717, 1.165) is 23.6 Å². The number of hydrogen-bond acceptors (Lipinski definition) is 17. The van der Waals surface area contributed by atoms with E-state index in [-0.39, 0.29) is 65.2 Å². The first-order valence-electron chi connectivity index (χ1n) is 25.6. The molecule has 2 aromatic heterocycles. The Balaban J connectivity index is 0.000000226. The van der Waals surface area contributed by atoms with Crippen molar-refractivity contribution in [2.75, 3.05) is 67.0 Å². The van der Waals surface area contributed by atoms with Crippen molar-refractivity contribution in [3.63, 3.8) is 0 Å². The highest BCUT2D eigenvalue weighted by atomic mass is 32.2. The molecule has 4 aliphatic rings. The number of nitriles is 2. The molecule has 25 heteroatoms. The number of amides is 4. The number of para-hydroxylation sites is 1. The van der Waals surface area contributed by atoms with Crippen LogP contribution in [0.4, 0.5) is 17.3 Å². The van der Waals surface area contributed by atoms with E-state index in [0.29, 0.717) is 106 Å². The molecule has 0 aliphatic carbocycles. The van der Waals surface area contributed by atoms with Gasteiger partial charge in [-0.15, -0.1) is 0 Å². The van der Waals surface area contributed by atoms with Crippen molar-refractivity contribution >= 4 is 73.1 Å². The minimum atomic E-state index is -4.09. The molecule has 0 atom stereocenters. The normalized spacial score (nSPS) is 16.3. The molecule has 6 heterocycles. The van der Waals surface area contributed by atoms with Crippen molar-refractivity contribution in [3.8, 4) is 12.1 Å². The highest BCUT2D eigenvalue weighted by Gasteiger charge is 2.34. The summed E-state index contributed by atoms with van der Waals surface area (Å²) in [4.78, 5) is 90.7. The Morgan fingerprint density at radius 2 is 1.17 bits per heavy atom. The Labute approximate surface area is 453 Å². The standard InChI is InChI=1S/C27H32N6O6S.C26H29N5O6S/c1-3-39-27(36)22-16-20(17-28)25(29-23(22)18-33-13-7-10-24(33)34)32-14-11-19(12-15-32)26(35)30-40(37,38)31(2)21-8-5-4-6-9-21;27-15-20-14-21(26(34)35)22(16-31-11-5-4-8-23(31)32)28-24(20)30-12-9-19(10-13-30)25(33)29-38(36,37)17-18-6-2-1-3-7-18/h4-6,8-9,16,19H,3,7,10-15,18H2,1-2H3,(H,30,35);1-3,6-7,14,19H,4-5,8-13,16-17H2,(H,29,33)(H,34,35). The average Bonchev–Trinajstić information content (AvgIpc) is 3.85. The van der Waals surface area contributed by atoms with Gasteiger partial charge in [-0.1, -0.05) is 48.5 Å². The van der Waals surface area contributed by atoms with Gasteiger partial charge in [0.25, 0.3) is 0 Å². The molecule has 2 aromatic carbocycles. The van der Waals surface area contributed by atoms with Gasteiger partial charge in [-0.2, -0.15) is 18.9 Å². The van der Waals surface area contributed by atoms with Crippen LogP contribution in [0.2, 0.25) is 0 Å². The molecule has 4 saturated heterocycles. The maximum absolute atomic E-state index is 12.9. The zero-order chi connectivity index (χ0) is 56.1. The minimum absolute atomic E-state index is 0.0257. The molecule has 412 valence electrons. The lowest BCUT2D eigenvalue weighted by molar-refractivity contribution is -0.134. The number of piperidine rings is 3. The third-order valence-corrected chi connectivity index (χ3v) is 16.5. The highest BCUT2D eigenvalue weighted by Crippen LogP contribution is 2.31. The van der Waals surface area contributed by atoms with Crippen molar-refractivity contribution in [3.05, 3.63) is 112 Å². The topological polar surface area (TPSA) is 314 Å². The van der Waals surface area contributed by atoms with Crippen LogP contribution in [-0.2, 0) is 63.0 Å². The molecule has 23 nitrogen and oxygen atoms in total. The summed E-state index contributed by atoms with van der Waals surface area (Å²) in [6.45, 7) is 4.40. The first-order valence-corrected chi connectivity index (χ1v) is 28.7. The van der Waals surface area contributed by atoms with Gasteiger partial charge in [-0.05, 0) is 81.7 Å². The Hall–Kier alpha value is -8.16. The van der Waals surface area contributed by atoms with Gasteiger partial charge in [0.15, 0.2) is 0 Å². The Morgan fingerprint density at radius 3 is 1.65 bits per heavy atom. The van der Waals surface area contributed by atoms with Gasteiger partial charge >= 0.3 is 22.1 Å². The zero-order valence-corrected chi connectivity index (χ0v) is 44.9. The number of hydrogen-bond donors (Lipinski definition) is 3. The number of sulfonamides is 1. The van der Waals surface area contributed by atoms with E-state index in [1.54, 1.807) is 82.3 Å². The summed E-state index contributed by atoms with van der Waals surface area (Å²) in [5, 5.41) is 29.2. The third kappa shape index (κ3) is 14.4. The summed E-state index contributed by atoms with van der Waals surface area (Å²) < 4.78 is 61.0. The van der Waals surface area contributed by atoms with Gasteiger partial charge in [0.1, 0.15) is 23.8 Å². The van der Waals surface area contributed by atoms with E-state index in [4.69, 9.17) is 4.74 Å². The number of rotatable bonds is 17. The van der Waals surface area contributed by atoms with Crippen LogP contribution >= 0.6 is 0 Å². The van der Waals surface area contributed by atoms with Gasteiger partial charge in [-0.3, -0.25) is 28.2 Å². The maximum Gasteiger partial charge on any atom is 0.340 e. The molecule has 78 heavy (non-hydrogen) atoms. The van der Waals surface area contributed by atoms with Crippen molar-refractivity contribution < 1.29 is 55.4 Å². The number of nitrogens with one attached hydrogen (secondary N) is 2. The second-order valence-electron chi connectivity index (χ2n) is 19.2. The number of carboxylic acid groups (broad SMARTS) is 1. The van der Waals surface area contributed by atoms with Crippen LogP contribution in [0.3, 0.4) is 0 Å². The third-order valence-electron chi connectivity index (χ3n) is 13.9. The number of pyridine rings is 2. The van der Waals surface area contributed by atoms with Crippen molar-refractivity contribution in [2.45, 2.75) is 83.6 Å². The number of carbonyl (C=O) groups excluding carboxylic acids is 5. The second-order valence-corrected chi connectivity index (χ2v) is 22.6. The lowest BCUT2D eigenvalue weighted by atomic mass is 9.96. The van der Waals surface area contributed by atoms with Crippen LogP contribution in [0.25, 0.3) is 0 Å². The number of benzene rings is 2. The van der Waals surface area contributed by atoms with Crippen LogP contribution in [0.5, 0.6) is 0 Å². The Morgan fingerprint density at radius 1 is 0.692 bits per heavy atom. The minimum Gasteiger partial charge on any atom is -0.478 e. The molecule has 0 unspecified atom stereocenters. The van der Waals surface area contributed by atoms with E-state index in [9.17, 15) is 61.2 Å². The number of nitrogens with zero attached hydrogens (tertiary/aromatic N) is 9. The van der Waals surface area contributed by atoms with E-state index in [1.807, 2.05) is 11.0 Å². The number of ether oxygens (including phenoxy) is 1. The van der Waals surface area contributed by atoms with Gasteiger partial charge in [0.05, 0.1) is 64.8 Å². The van der Waals surface area contributed by atoms with Crippen LogP contribution in [0.1, 0.15) is 114 Å². The molecule has 4 amide bonds. The van der Waals surface area contributed by atoms with Crippen LogP contribution < -0.4 is 23.5 Å². The summed E-state index contributed by atoms with van der Waals surface area (Å²) >= 11 is 0. The lowest BCUT2D eigenvalue weighted by Crippen LogP contribution is -2.47. The number of carboxylic acids is 1. The van der Waals surface area contributed by atoms with Gasteiger partial charge in [0, 0.05) is 71.0 Å². The first-order chi connectivity index (χ1) is 37.3. The molecule has 0 radical (unpaired) electrons. The van der Waals surface area contributed by atoms with Crippen LogP contribution in [0.15, 0.2) is 72.8 Å². The fraction of sp³-hybridized carbons (Fsp3) is 0.434. The van der Waals surface area contributed by atoms with Crippen molar-refractivity contribution in [1.29, 1.82) is 10.5 Å². The Kier molecular flexibility index (Phi) is 19.0. The first kappa shape index (κ1) is 57.5. The molecule has 4 aromatic rings. The monoisotopic (exact) mass is 1110 g/mol. The molecule has 0 saturated carbocycles. The zero-order valence-electron chi connectivity index (χ0n) is 43.3. The number of anilines is 3. The fourth-order valence-corrected chi connectivity index (χ4v) is 11.8. The van der Waals surface area contributed by atoms with Crippen LogP contribution in [-0.4, -0.2) is 130 Å². The van der Waals surface area contributed by atoms with E-state index < -0.39 is 55.8 Å². The number of likely N-dealkylation sites (tertiary alicyclic amines) is 2. The number of esters is 1. The highest BCUT2D eigenvalue weighted by molar-refractivity contribution is 7.91. The summed E-state index contributed by atoms with van der Waals surface area (Å²) in [6.07, 6.45) is 4.53. The number of aromatic nitrogens is 2. The van der Waals surface area contributed by atoms with Gasteiger partial charge in [-0.25, -0.2) is 32.7 Å². The molecule has 3 N–H and O–H groups in total. The largest absolute Gasteiger partial charge is 0.478 e. The molecule has 4 fully saturated rings. The summed E-state index contributed by atoms with van der Waals surface area (Å²) in [6, 6.07) is 23.8. The predicted molar refractivity (Wildman–Crippen MR) is 284 cm³/mol. The number of carbonyl (C=O) groups is 6. The molecular formula is C53H61N11O12S2. The molecule has 0 spiro atoms. The van der Waals surface area contributed by atoms with E-state index >= 15 is 0 Å². The van der Waals surface area contributed by atoms with Crippen LogP contribution in [0, 0.1) is 34.5 Å². The van der Waals surface area contributed by atoms with Gasteiger partial charge < -0.3 is 29.4 Å². The van der Waals surface area contributed by atoms with E-state index in [2.05, 4.69) is 25.5 Å². The van der Waals surface area contributed by atoms with E-state index in [1.165, 1.54) is 19.2 Å². The summed E-state index contributed by atoms with van der Waals surface area (Å²) in [5.74, 6) is -3.83. The summed E-state index contributed by atoms with van der Waals surface area (Å²) in [5.41, 5.74) is 1.82. The van der Waals surface area contributed by atoms with Crippen molar-refractivity contribution in [1.82, 2.24) is 29.2 Å². The quantitative estimate of drug-likeness (QED) is 0.126. The molecule has 0 bridgehead atoms. The molecule has 8 rings (SSSR count). The second kappa shape index (κ2) is 25.8. The molecule has 4 aliphatic heterocycles. The lowest BCUT2D eigenvalue weighted by Gasteiger charge is -2.33. The maximum atomic E-state index is 12.9. The van der Waals surface area contributed by atoms with Crippen molar-refractivity contribution in [2.24, 2.45) is 11.8 Å². The number of aromatic carboxylic acids is 1. The average molecular weight is 1110 g/mol. The smallest absolute Gasteiger partial charge is 0.340 e. The predicted octanol–water partition coefficient (Wildman–Crippen LogP) is 3.99. The summed E-state index contributed by atoms with van der Waals surface area (Å²) in [7, 11) is -6.57. The Bertz CT molecular complexity index is 3210.